The van der Waals surface area contributed by atoms with Gasteiger partial charge in [0, 0.05) is 12.3 Å². The normalized spacial score (nSPS) is 20.8. The van der Waals surface area contributed by atoms with Crippen molar-refractivity contribution in [2.75, 3.05) is 18.6 Å². The molecule has 0 aromatic carbocycles. The van der Waals surface area contributed by atoms with Gasteiger partial charge in [-0.05, 0) is 0 Å². The molecule has 1 aliphatic rings. The Labute approximate surface area is 86.5 Å². The van der Waals surface area contributed by atoms with Crippen LogP contribution >= 0.6 is 0 Å². The number of hydrogen-bond acceptors (Lipinski definition) is 5. The highest BCUT2D eigenvalue weighted by Crippen LogP contribution is 2.18. The maximum absolute atomic E-state index is 11.4. The summed E-state index contributed by atoms with van der Waals surface area (Å²) in [7, 11) is 1.49. The fourth-order valence-corrected chi connectivity index (χ4v) is 1.46. The predicted octanol–water partition coefficient (Wildman–Crippen LogP) is -0.417. The molecule has 6 nitrogen and oxygen atoms in total. The lowest BCUT2D eigenvalue weighted by molar-refractivity contribution is -0.117. The van der Waals surface area contributed by atoms with Crippen molar-refractivity contribution in [2.24, 2.45) is 0 Å². The third-order valence-electron chi connectivity index (χ3n) is 2.17. The number of methoxy groups -OCH3 is 1. The van der Waals surface area contributed by atoms with E-state index in [1.165, 1.54) is 18.2 Å². The van der Waals surface area contributed by atoms with Crippen LogP contribution in [0.1, 0.15) is 6.42 Å². The molecule has 1 aromatic heterocycles. The van der Waals surface area contributed by atoms with Gasteiger partial charge in [-0.25, -0.2) is 4.98 Å². The van der Waals surface area contributed by atoms with E-state index in [9.17, 15) is 9.90 Å². The van der Waals surface area contributed by atoms with Crippen LogP contribution in [0.4, 0.5) is 5.95 Å². The average molecular weight is 209 g/mol. The number of aliphatic hydroxyl groups is 1. The summed E-state index contributed by atoms with van der Waals surface area (Å²) in [5.74, 6) is 0.501. The summed E-state index contributed by atoms with van der Waals surface area (Å²) < 4.78 is 4.92. The molecule has 1 saturated heterocycles. The molecule has 6 heteroatoms. The Kier molecular flexibility index (Phi) is 2.51. The van der Waals surface area contributed by atoms with Gasteiger partial charge >= 0.3 is 0 Å². The van der Waals surface area contributed by atoms with Gasteiger partial charge in [0.05, 0.1) is 26.2 Å². The molecule has 1 N–H and O–H groups in total. The van der Waals surface area contributed by atoms with Gasteiger partial charge in [0.15, 0.2) is 0 Å². The van der Waals surface area contributed by atoms with E-state index in [0.717, 1.165) is 0 Å². The second-order valence-electron chi connectivity index (χ2n) is 3.26. The van der Waals surface area contributed by atoms with Crippen molar-refractivity contribution < 1.29 is 14.6 Å². The molecular weight excluding hydrogens is 198 g/mol. The van der Waals surface area contributed by atoms with Crippen molar-refractivity contribution in [3.63, 3.8) is 0 Å². The van der Waals surface area contributed by atoms with Crippen LogP contribution in [0.5, 0.6) is 5.88 Å². The van der Waals surface area contributed by atoms with Crippen molar-refractivity contribution in [1.29, 1.82) is 0 Å². The number of rotatable bonds is 2. The number of nitrogens with zero attached hydrogens (tertiary/aromatic N) is 3. The van der Waals surface area contributed by atoms with Crippen LogP contribution in [0.25, 0.3) is 0 Å². The van der Waals surface area contributed by atoms with Crippen LogP contribution in [-0.4, -0.2) is 40.7 Å². The van der Waals surface area contributed by atoms with Gasteiger partial charge in [0.25, 0.3) is 0 Å². The van der Waals surface area contributed by atoms with Crippen LogP contribution in [-0.2, 0) is 4.79 Å². The summed E-state index contributed by atoms with van der Waals surface area (Å²) in [5, 5.41) is 9.31. The molecule has 1 amide bonds. The smallest absolute Gasteiger partial charge is 0.235 e. The van der Waals surface area contributed by atoms with E-state index >= 15 is 0 Å². The second kappa shape index (κ2) is 3.82. The molecule has 2 rings (SSSR count). The topological polar surface area (TPSA) is 75.6 Å². The SMILES string of the molecule is COc1ccnc(N2CC(O)CC2=O)n1. The molecule has 1 unspecified atom stereocenters. The third kappa shape index (κ3) is 1.89. The lowest BCUT2D eigenvalue weighted by Crippen LogP contribution is -2.27. The Bertz CT molecular complexity index is 383. The Morgan fingerprint density at radius 2 is 2.47 bits per heavy atom. The molecule has 0 bridgehead atoms. The lowest BCUT2D eigenvalue weighted by atomic mass is 10.3. The van der Waals surface area contributed by atoms with Crippen LogP contribution in [0, 0.1) is 0 Å². The first-order valence-corrected chi connectivity index (χ1v) is 4.56. The first kappa shape index (κ1) is 9.85. The van der Waals surface area contributed by atoms with Crippen molar-refractivity contribution in [3.8, 4) is 5.88 Å². The number of carbonyl (C=O) groups excluding carboxylic acids is 1. The summed E-state index contributed by atoms with van der Waals surface area (Å²) in [5.41, 5.74) is 0. The fraction of sp³-hybridized carbons (Fsp3) is 0.444. The van der Waals surface area contributed by atoms with Gasteiger partial charge < -0.3 is 9.84 Å². The minimum absolute atomic E-state index is 0.126. The van der Waals surface area contributed by atoms with Crippen LogP contribution in [0.2, 0.25) is 0 Å². The molecule has 15 heavy (non-hydrogen) atoms. The summed E-state index contributed by atoms with van der Waals surface area (Å²) in [6, 6.07) is 1.60. The van der Waals surface area contributed by atoms with Gasteiger partial charge in [-0.3, -0.25) is 9.69 Å². The van der Waals surface area contributed by atoms with E-state index in [-0.39, 0.29) is 24.8 Å². The van der Waals surface area contributed by atoms with Crippen molar-refractivity contribution >= 4 is 11.9 Å². The monoisotopic (exact) mass is 209 g/mol. The zero-order chi connectivity index (χ0) is 10.8. The van der Waals surface area contributed by atoms with Crippen LogP contribution in [0.15, 0.2) is 12.3 Å². The quantitative estimate of drug-likeness (QED) is 0.716. The molecule has 0 radical (unpaired) electrons. The molecule has 0 aliphatic carbocycles. The van der Waals surface area contributed by atoms with Gasteiger partial charge in [0.2, 0.25) is 17.7 Å². The Hall–Kier alpha value is -1.69. The Morgan fingerprint density at radius 3 is 3.07 bits per heavy atom. The molecule has 1 fully saturated rings. The summed E-state index contributed by atoms with van der Waals surface area (Å²) in [4.78, 5) is 20.8. The third-order valence-corrected chi connectivity index (χ3v) is 2.17. The van der Waals surface area contributed by atoms with Crippen molar-refractivity contribution in [2.45, 2.75) is 12.5 Å². The molecule has 80 valence electrons. The zero-order valence-electron chi connectivity index (χ0n) is 8.25. The minimum Gasteiger partial charge on any atom is -0.481 e. The lowest BCUT2D eigenvalue weighted by Gasteiger charge is -2.13. The number of aliphatic hydroxyl groups excluding tert-OH is 1. The molecule has 1 aromatic rings. The fourth-order valence-electron chi connectivity index (χ4n) is 1.46. The van der Waals surface area contributed by atoms with E-state index in [4.69, 9.17) is 4.74 Å². The number of ether oxygens (including phenoxy) is 1. The predicted molar refractivity (Wildman–Crippen MR) is 51.6 cm³/mol. The maximum Gasteiger partial charge on any atom is 0.235 e. The van der Waals surface area contributed by atoms with Gasteiger partial charge in [-0.15, -0.1) is 0 Å². The molecule has 2 heterocycles. The number of anilines is 1. The molecular formula is C9H11N3O3. The van der Waals surface area contributed by atoms with Crippen molar-refractivity contribution in [1.82, 2.24) is 9.97 Å². The Morgan fingerprint density at radius 1 is 1.67 bits per heavy atom. The van der Waals surface area contributed by atoms with Gasteiger partial charge in [0.1, 0.15) is 0 Å². The van der Waals surface area contributed by atoms with Crippen LogP contribution in [0.3, 0.4) is 0 Å². The van der Waals surface area contributed by atoms with Crippen LogP contribution < -0.4 is 9.64 Å². The minimum atomic E-state index is -0.632. The van der Waals surface area contributed by atoms with Gasteiger partial charge in [-0.2, -0.15) is 4.98 Å². The number of hydrogen-bond donors (Lipinski definition) is 1. The average Bonchev–Trinajstić information content (AvgIpc) is 2.58. The number of carbonyl (C=O) groups is 1. The van der Waals surface area contributed by atoms with E-state index in [0.29, 0.717) is 5.88 Å². The van der Waals surface area contributed by atoms with E-state index in [1.54, 1.807) is 6.07 Å². The highest BCUT2D eigenvalue weighted by atomic mass is 16.5. The van der Waals surface area contributed by atoms with E-state index in [1.807, 2.05) is 0 Å². The zero-order valence-corrected chi connectivity index (χ0v) is 8.25. The molecule has 1 aliphatic heterocycles. The summed E-state index contributed by atoms with van der Waals surface area (Å²) in [6.07, 6.45) is 1.01. The van der Waals surface area contributed by atoms with Crippen molar-refractivity contribution in [3.05, 3.63) is 12.3 Å². The summed E-state index contributed by atoms with van der Waals surface area (Å²) in [6.45, 7) is 0.242. The number of amides is 1. The maximum atomic E-state index is 11.4. The van der Waals surface area contributed by atoms with E-state index in [2.05, 4.69) is 9.97 Å². The molecule has 0 spiro atoms. The largest absolute Gasteiger partial charge is 0.481 e. The highest BCUT2D eigenvalue weighted by molar-refractivity contribution is 5.94. The highest BCUT2D eigenvalue weighted by Gasteiger charge is 2.30. The second-order valence-corrected chi connectivity index (χ2v) is 3.26. The summed E-state index contributed by atoms with van der Waals surface area (Å²) >= 11 is 0. The van der Waals surface area contributed by atoms with E-state index < -0.39 is 6.10 Å². The Balaban J connectivity index is 2.25. The first-order chi connectivity index (χ1) is 7.20. The first-order valence-electron chi connectivity index (χ1n) is 4.56. The number of β-amino-alcohol motifs (C(OH)–C–C–N with tert-alkyl or cyclic N) is 1. The molecule has 1 atom stereocenters. The van der Waals surface area contributed by atoms with Gasteiger partial charge in [-0.1, -0.05) is 0 Å². The molecule has 0 saturated carbocycles. The number of aromatic nitrogens is 2. The standard InChI is InChI=1S/C9H11N3O3/c1-15-7-2-3-10-9(11-7)12-5-6(13)4-8(12)14/h2-3,6,13H,4-5H2,1H3.